The van der Waals surface area contributed by atoms with E-state index in [0.29, 0.717) is 28.6 Å². The highest BCUT2D eigenvalue weighted by Gasteiger charge is 2.30. The SMILES string of the molecule is CC[C@@H](C)NC(=O)c1ccc(Cn2c(SCc3cccc(C(F)(F)F)c3)nc3ccncc32)cc1. The Balaban J connectivity index is 1.55. The van der Waals surface area contributed by atoms with E-state index in [9.17, 15) is 18.0 Å². The number of fused-ring (bicyclic) bond motifs is 1. The van der Waals surface area contributed by atoms with Crippen LogP contribution in [0.2, 0.25) is 0 Å². The van der Waals surface area contributed by atoms with Crippen molar-refractivity contribution in [2.75, 3.05) is 0 Å². The summed E-state index contributed by atoms with van der Waals surface area (Å²) in [5.74, 6) is 0.232. The van der Waals surface area contributed by atoms with Crippen molar-refractivity contribution in [2.24, 2.45) is 0 Å². The number of rotatable bonds is 8. The normalized spacial score (nSPS) is 12.6. The number of benzene rings is 2. The highest BCUT2D eigenvalue weighted by Crippen LogP contribution is 2.32. The van der Waals surface area contributed by atoms with Crippen LogP contribution in [0.3, 0.4) is 0 Å². The smallest absolute Gasteiger partial charge is 0.350 e. The van der Waals surface area contributed by atoms with Gasteiger partial charge in [0.2, 0.25) is 0 Å². The van der Waals surface area contributed by atoms with E-state index >= 15 is 0 Å². The van der Waals surface area contributed by atoms with Crippen LogP contribution in [0.15, 0.2) is 72.1 Å². The molecular weight excluding hydrogens is 473 g/mol. The van der Waals surface area contributed by atoms with Crippen LogP contribution in [0, 0.1) is 0 Å². The second-order valence-electron chi connectivity index (χ2n) is 8.31. The van der Waals surface area contributed by atoms with Crippen molar-refractivity contribution in [3.8, 4) is 0 Å². The topological polar surface area (TPSA) is 59.8 Å². The van der Waals surface area contributed by atoms with Crippen molar-refractivity contribution in [1.82, 2.24) is 19.9 Å². The van der Waals surface area contributed by atoms with Crippen LogP contribution < -0.4 is 5.32 Å². The van der Waals surface area contributed by atoms with Crippen LogP contribution in [0.4, 0.5) is 13.2 Å². The van der Waals surface area contributed by atoms with E-state index in [4.69, 9.17) is 0 Å². The Labute approximate surface area is 205 Å². The zero-order valence-electron chi connectivity index (χ0n) is 19.3. The van der Waals surface area contributed by atoms with Gasteiger partial charge in [-0.15, -0.1) is 0 Å². The first kappa shape index (κ1) is 24.8. The van der Waals surface area contributed by atoms with Gasteiger partial charge in [0.25, 0.3) is 5.91 Å². The Bertz CT molecular complexity index is 1320. The number of imidazole rings is 1. The lowest BCUT2D eigenvalue weighted by Gasteiger charge is -2.12. The minimum Gasteiger partial charge on any atom is -0.350 e. The molecule has 2 heterocycles. The minimum absolute atomic E-state index is 0.100. The van der Waals surface area contributed by atoms with Crippen molar-refractivity contribution in [2.45, 2.75) is 49.9 Å². The zero-order chi connectivity index (χ0) is 25.0. The van der Waals surface area contributed by atoms with Gasteiger partial charge in [0.05, 0.1) is 29.3 Å². The van der Waals surface area contributed by atoms with Gasteiger partial charge in [0.15, 0.2) is 5.16 Å². The van der Waals surface area contributed by atoms with Crippen molar-refractivity contribution in [1.29, 1.82) is 0 Å². The number of nitrogens with zero attached hydrogens (tertiary/aromatic N) is 3. The van der Waals surface area contributed by atoms with Gasteiger partial charge in [-0.25, -0.2) is 4.98 Å². The molecule has 1 N–H and O–H groups in total. The quantitative estimate of drug-likeness (QED) is 0.289. The summed E-state index contributed by atoms with van der Waals surface area (Å²) in [6.45, 7) is 4.46. The highest BCUT2D eigenvalue weighted by molar-refractivity contribution is 7.98. The van der Waals surface area contributed by atoms with E-state index in [1.807, 2.05) is 36.6 Å². The molecule has 1 amide bonds. The van der Waals surface area contributed by atoms with Gasteiger partial charge >= 0.3 is 6.18 Å². The predicted octanol–water partition coefficient (Wildman–Crippen LogP) is 6.32. The Kier molecular flexibility index (Phi) is 7.45. The Hall–Kier alpha value is -3.33. The molecule has 0 spiro atoms. The Morgan fingerprint density at radius 1 is 1.11 bits per heavy atom. The summed E-state index contributed by atoms with van der Waals surface area (Å²) in [5, 5.41) is 3.64. The summed E-state index contributed by atoms with van der Waals surface area (Å²) in [6, 6.07) is 14.6. The number of alkyl halides is 3. The van der Waals surface area contributed by atoms with Crippen LogP contribution in [-0.2, 0) is 18.5 Å². The van der Waals surface area contributed by atoms with Gasteiger partial charge in [-0.05, 0) is 48.7 Å². The lowest BCUT2D eigenvalue weighted by molar-refractivity contribution is -0.137. The molecule has 2 aromatic carbocycles. The largest absolute Gasteiger partial charge is 0.416 e. The standard InChI is InChI=1S/C26H25F3N4OS/c1-3-17(2)31-24(34)20-9-7-18(8-10-20)15-33-23-14-30-12-11-22(23)32-25(33)35-16-19-5-4-6-21(13-19)26(27,28)29/h4-14,17H,3,15-16H2,1-2H3,(H,31,34)/t17-/m1/s1. The molecule has 4 aromatic rings. The number of pyridine rings is 1. The third-order valence-corrected chi connectivity index (χ3v) is 6.73. The second kappa shape index (κ2) is 10.5. The van der Waals surface area contributed by atoms with E-state index in [-0.39, 0.29) is 11.9 Å². The lowest BCUT2D eigenvalue weighted by Crippen LogP contribution is -2.31. The minimum atomic E-state index is -4.38. The van der Waals surface area contributed by atoms with Gasteiger partial charge in [-0.1, -0.05) is 49.0 Å². The van der Waals surface area contributed by atoms with Gasteiger partial charge in [-0.2, -0.15) is 13.2 Å². The number of nitrogens with one attached hydrogen (secondary N) is 1. The third kappa shape index (κ3) is 6.03. The molecule has 0 bridgehead atoms. The second-order valence-corrected chi connectivity index (χ2v) is 9.25. The fourth-order valence-corrected chi connectivity index (χ4v) is 4.51. The molecule has 0 saturated carbocycles. The number of hydrogen-bond donors (Lipinski definition) is 1. The summed E-state index contributed by atoms with van der Waals surface area (Å²) in [7, 11) is 0. The van der Waals surface area contributed by atoms with Crippen molar-refractivity contribution in [3.05, 3.63) is 89.2 Å². The number of halogens is 3. The fourth-order valence-electron chi connectivity index (χ4n) is 3.55. The molecule has 0 fully saturated rings. The Morgan fingerprint density at radius 2 is 1.89 bits per heavy atom. The number of carbonyl (C=O) groups excluding carboxylic acids is 1. The molecule has 35 heavy (non-hydrogen) atoms. The molecule has 0 aliphatic rings. The van der Waals surface area contributed by atoms with Crippen LogP contribution in [0.5, 0.6) is 0 Å². The monoisotopic (exact) mass is 498 g/mol. The number of hydrogen-bond acceptors (Lipinski definition) is 4. The summed E-state index contributed by atoms with van der Waals surface area (Å²) >= 11 is 1.37. The van der Waals surface area contributed by atoms with Crippen LogP contribution in [0.1, 0.15) is 47.3 Å². The maximum atomic E-state index is 13.1. The summed E-state index contributed by atoms with van der Waals surface area (Å²) in [6.07, 6.45) is -0.139. The van der Waals surface area contributed by atoms with Crippen LogP contribution in [-0.4, -0.2) is 26.5 Å². The molecular formula is C26H25F3N4OS. The summed E-state index contributed by atoms with van der Waals surface area (Å²) in [5.41, 5.74) is 3.05. The first-order valence-corrected chi connectivity index (χ1v) is 12.2. The maximum Gasteiger partial charge on any atom is 0.416 e. The number of carbonyl (C=O) groups is 1. The van der Waals surface area contributed by atoms with Crippen molar-refractivity contribution >= 4 is 28.7 Å². The average molecular weight is 499 g/mol. The van der Waals surface area contributed by atoms with E-state index in [1.54, 1.807) is 30.6 Å². The molecule has 0 saturated heterocycles. The molecule has 0 unspecified atom stereocenters. The first-order valence-electron chi connectivity index (χ1n) is 11.2. The number of aromatic nitrogens is 3. The average Bonchev–Trinajstić information content (AvgIpc) is 3.20. The van der Waals surface area contributed by atoms with Gasteiger partial charge < -0.3 is 9.88 Å². The molecule has 1 atom stereocenters. The van der Waals surface area contributed by atoms with E-state index in [1.165, 1.54) is 23.9 Å². The summed E-state index contributed by atoms with van der Waals surface area (Å²) in [4.78, 5) is 21.3. The molecule has 5 nitrogen and oxygen atoms in total. The molecule has 2 aromatic heterocycles. The molecule has 182 valence electrons. The van der Waals surface area contributed by atoms with E-state index < -0.39 is 11.7 Å². The van der Waals surface area contributed by atoms with Crippen LogP contribution in [0.25, 0.3) is 11.0 Å². The molecule has 0 aliphatic carbocycles. The van der Waals surface area contributed by atoms with Gasteiger partial charge in [0, 0.05) is 23.6 Å². The Morgan fingerprint density at radius 3 is 2.60 bits per heavy atom. The van der Waals surface area contributed by atoms with Gasteiger partial charge in [-0.3, -0.25) is 9.78 Å². The van der Waals surface area contributed by atoms with E-state index in [2.05, 4.69) is 15.3 Å². The van der Waals surface area contributed by atoms with Crippen molar-refractivity contribution < 1.29 is 18.0 Å². The number of thioether (sulfide) groups is 1. The maximum absolute atomic E-state index is 13.1. The lowest BCUT2D eigenvalue weighted by atomic mass is 10.1. The summed E-state index contributed by atoms with van der Waals surface area (Å²) < 4.78 is 41.2. The van der Waals surface area contributed by atoms with Crippen LogP contribution >= 0.6 is 11.8 Å². The molecule has 0 radical (unpaired) electrons. The van der Waals surface area contributed by atoms with Gasteiger partial charge in [0.1, 0.15) is 0 Å². The molecule has 0 aliphatic heterocycles. The molecule has 9 heteroatoms. The third-order valence-electron chi connectivity index (χ3n) is 5.68. The fraction of sp³-hybridized carbons (Fsp3) is 0.269. The van der Waals surface area contributed by atoms with Crippen molar-refractivity contribution in [3.63, 3.8) is 0 Å². The highest BCUT2D eigenvalue weighted by atomic mass is 32.2. The first-order chi connectivity index (χ1) is 16.7. The number of amides is 1. The van der Waals surface area contributed by atoms with E-state index in [0.717, 1.165) is 29.1 Å². The molecule has 4 rings (SSSR count). The zero-order valence-corrected chi connectivity index (χ0v) is 20.2. The predicted molar refractivity (Wildman–Crippen MR) is 131 cm³/mol.